The molecule has 0 saturated carbocycles. The number of amides is 2. The van der Waals surface area contributed by atoms with Crippen LogP contribution in [0.3, 0.4) is 0 Å². The molecule has 0 atom stereocenters. The molecule has 0 aliphatic rings. The summed E-state index contributed by atoms with van der Waals surface area (Å²) < 4.78 is 4.52. The smallest absolute Gasteiger partial charge is 0.217 e. The van der Waals surface area contributed by atoms with Gasteiger partial charge < -0.3 is 0 Å². The molecule has 0 rings (SSSR count). The highest BCUT2D eigenvalue weighted by Crippen LogP contribution is 2.08. The Bertz CT molecular complexity index is 75.7. The molecule has 4 nitrogen and oxygen atoms in total. The molecule has 8 heteroatoms. The van der Waals surface area contributed by atoms with E-state index in [1.807, 2.05) is 0 Å². The molecule has 2 N–H and O–H groups in total. The second kappa shape index (κ2) is 16.1. The molecule has 62 valence electrons. The molecule has 0 bridgehead atoms. The van der Waals surface area contributed by atoms with E-state index in [1.54, 1.807) is 0 Å². The van der Waals surface area contributed by atoms with E-state index in [9.17, 15) is 9.59 Å². The normalized spacial score (nSPS) is 6.00. The predicted octanol–water partition coefficient (Wildman–Crippen LogP) is 0.533. The molecule has 0 aromatic rings. The van der Waals surface area contributed by atoms with Crippen molar-refractivity contribution in [3.63, 3.8) is 0 Å². The van der Waals surface area contributed by atoms with Crippen molar-refractivity contribution in [2.45, 2.75) is 0 Å². The van der Waals surface area contributed by atoms with Crippen molar-refractivity contribution in [1.82, 2.24) is 9.44 Å². The van der Waals surface area contributed by atoms with Gasteiger partial charge in [0.05, 0.1) is 0 Å². The van der Waals surface area contributed by atoms with Crippen LogP contribution in [0.25, 0.3) is 0 Å². The van der Waals surface area contributed by atoms with Crippen molar-refractivity contribution in [3.05, 3.63) is 0 Å². The van der Waals surface area contributed by atoms with Gasteiger partial charge in [-0.05, 0) is 0 Å². The quantitative estimate of drug-likeness (QED) is 0.310. The minimum atomic E-state index is 0. The molecule has 2 amide bonds. The molecule has 0 aromatic carbocycles. The van der Waals surface area contributed by atoms with Crippen molar-refractivity contribution in [2.75, 3.05) is 0 Å². The number of carbonyl (C=O) groups excluding carboxylic acids is 2. The van der Waals surface area contributed by atoms with Gasteiger partial charge in [-0.1, -0.05) is 0 Å². The number of halogens is 2. The molecule has 10 heavy (non-hydrogen) atoms. The van der Waals surface area contributed by atoms with Crippen LogP contribution in [0.4, 0.5) is 0 Å². The van der Waals surface area contributed by atoms with Crippen LogP contribution in [0.1, 0.15) is 0 Å². The fraction of sp³-hybridized carbons (Fsp3) is 0. The van der Waals surface area contributed by atoms with Crippen LogP contribution in [0.5, 0.6) is 0 Å². The zero-order valence-corrected chi connectivity index (χ0v) is 7.87. The van der Waals surface area contributed by atoms with Crippen LogP contribution in [-0.2, 0) is 9.59 Å². The fourth-order valence-corrected chi connectivity index (χ4v) is 0.787. The van der Waals surface area contributed by atoms with Crippen LogP contribution < -0.4 is 9.44 Å². The molecular weight excluding hydrogens is 219 g/mol. The van der Waals surface area contributed by atoms with E-state index in [2.05, 4.69) is 9.44 Å². The van der Waals surface area contributed by atoms with Crippen molar-refractivity contribution in [2.24, 2.45) is 0 Å². The molecule has 0 radical (unpaired) electrons. The summed E-state index contributed by atoms with van der Waals surface area (Å²) in [5.74, 6) is 0. The summed E-state index contributed by atoms with van der Waals surface area (Å²) in [7, 11) is 2.07. The number of hydrogen-bond donors (Lipinski definition) is 2. The average molecular weight is 225 g/mol. The van der Waals surface area contributed by atoms with Gasteiger partial charge in [0.25, 0.3) is 0 Å². The lowest BCUT2D eigenvalue weighted by atomic mass is 11.5. The summed E-state index contributed by atoms with van der Waals surface area (Å²) in [6.45, 7) is 0. The molecular formula is C2H6Cl2N2O2S2. The first-order valence-electron chi connectivity index (χ1n) is 1.62. The Morgan fingerprint density at radius 2 is 1.20 bits per heavy atom. The number of carbonyl (C=O) groups is 2. The lowest BCUT2D eigenvalue weighted by Gasteiger charge is -1.90. The Morgan fingerprint density at radius 1 is 0.900 bits per heavy atom. The van der Waals surface area contributed by atoms with Gasteiger partial charge in [0, 0.05) is 22.0 Å². The summed E-state index contributed by atoms with van der Waals surface area (Å²) in [6.07, 6.45) is 1.06. The second-order valence-corrected chi connectivity index (χ2v) is 2.44. The largest absolute Gasteiger partial charge is 0.292 e. The van der Waals surface area contributed by atoms with Crippen molar-refractivity contribution >= 4 is 59.6 Å². The van der Waals surface area contributed by atoms with Gasteiger partial charge in [-0.2, -0.15) is 0 Å². The molecule has 0 heterocycles. The van der Waals surface area contributed by atoms with Gasteiger partial charge in [-0.15, -0.1) is 24.8 Å². The molecule has 0 aromatic heterocycles. The van der Waals surface area contributed by atoms with Crippen LogP contribution in [0, 0.1) is 0 Å². The summed E-state index contributed by atoms with van der Waals surface area (Å²) in [5, 5.41) is 0. The SMILES string of the molecule is Cl.Cl.O=CNSSNC=O. The molecule has 0 fully saturated rings. The molecule has 0 aliphatic carbocycles. The van der Waals surface area contributed by atoms with Gasteiger partial charge in [-0.25, -0.2) is 0 Å². The average Bonchev–Trinajstić information content (AvgIpc) is 1.81. The highest BCUT2D eigenvalue weighted by atomic mass is 35.5. The minimum Gasteiger partial charge on any atom is -0.292 e. The highest BCUT2D eigenvalue weighted by Gasteiger charge is 1.80. The van der Waals surface area contributed by atoms with Crippen LogP contribution in [-0.4, -0.2) is 12.8 Å². The zero-order valence-electron chi connectivity index (χ0n) is 4.60. The Morgan fingerprint density at radius 3 is 1.40 bits per heavy atom. The van der Waals surface area contributed by atoms with Crippen molar-refractivity contribution in [1.29, 1.82) is 0 Å². The first-order chi connectivity index (χ1) is 3.91. The van der Waals surface area contributed by atoms with Gasteiger partial charge in [0.1, 0.15) is 0 Å². The Kier molecular flexibility index (Phi) is 26.8. The first-order valence-corrected chi connectivity index (χ1v) is 3.77. The molecule has 0 unspecified atom stereocenters. The van der Waals surface area contributed by atoms with E-state index >= 15 is 0 Å². The maximum atomic E-state index is 9.51. The van der Waals surface area contributed by atoms with Crippen molar-refractivity contribution in [3.8, 4) is 0 Å². The van der Waals surface area contributed by atoms with Crippen LogP contribution in [0.2, 0.25) is 0 Å². The summed E-state index contributed by atoms with van der Waals surface area (Å²) in [5.41, 5.74) is 0. The van der Waals surface area contributed by atoms with Crippen LogP contribution in [0.15, 0.2) is 0 Å². The molecule has 0 spiro atoms. The van der Waals surface area contributed by atoms with Crippen molar-refractivity contribution < 1.29 is 9.59 Å². The maximum Gasteiger partial charge on any atom is 0.217 e. The fourth-order valence-electron chi connectivity index (χ4n) is 0.0874. The summed E-state index contributed by atoms with van der Waals surface area (Å²) in [6, 6.07) is 0. The van der Waals surface area contributed by atoms with E-state index in [4.69, 9.17) is 0 Å². The second-order valence-electron chi connectivity index (χ2n) is 0.638. The van der Waals surface area contributed by atoms with Gasteiger partial charge in [-0.3, -0.25) is 19.0 Å². The zero-order chi connectivity index (χ0) is 6.24. The lowest BCUT2D eigenvalue weighted by Crippen LogP contribution is -2.00. The summed E-state index contributed by atoms with van der Waals surface area (Å²) in [4.78, 5) is 19.0. The first kappa shape index (κ1) is 16.7. The Balaban J connectivity index is -0.000000245. The number of rotatable bonds is 5. The van der Waals surface area contributed by atoms with Gasteiger partial charge >= 0.3 is 0 Å². The standard InChI is InChI=1S/C2H4N2O2S2.2ClH/c5-1-3-7-8-4-2-6;;/h1-2H,(H,3,5)(H,4,6);2*1H. The summed E-state index contributed by atoms with van der Waals surface area (Å²) >= 11 is 0. The third-order valence-corrected chi connectivity index (χ3v) is 1.53. The lowest BCUT2D eigenvalue weighted by molar-refractivity contribution is -0.108. The minimum absolute atomic E-state index is 0. The molecule has 0 saturated heterocycles. The van der Waals surface area contributed by atoms with Gasteiger partial charge in [0.2, 0.25) is 12.8 Å². The van der Waals surface area contributed by atoms with Crippen LogP contribution >= 0.6 is 46.8 Å². The monoisotopic (exact) mass is 224 g/mol. The third kappa shape index (κ3) is 15.7. The van der Waals surface area contributed by atoms with E-state index in [1.165, 1.54) is 0 Å². The Labute approximate surface area is 78.8 Å². The molecule has 0 aliphatic heterocycles. The third-order valence-electron chi connectivity index (χ3n) is 0.234. The van der Waals surface area contributed by atoms with E-state index < -0.39 is 0 Å². The predicted molar refractivity (Wildman–Crippen MR) is 48.1 cm³/mol. The number of hydrogen-bond acceptors (Lipinski definition) is 4. The number of nitrogens with one attached hydrogen (secondary N) is 2. The van der Waals surface area contributed by atoms with E-state index in [0.717, 1.165) is 22.0 Å². The Hall–Kier alpha value is 0.220. The maximum absolute atomic E-state index is 9.51. The van der Waals surface area contributed by atoms with Gasteiger partial charge in [0.15, 0.2) is 0 Å². The topological polar surface area (TPSA) is 58.2 Å². The van der Waals surface area contributed by atoms with E-state index in [0.29, 0.717) is 12.8 Å². The highest BCUT2D eigenvalue weighted by molar-refractivity contribution is 8.75. The van der Waals surface area contributed by atoms with E-state index in [-0.39, 0.29) is 24.8 Å².